The molecule has 11 heteroatoms. The Hall–Kier alpha value is -2.64. The Balaban J connectivity index is 2.51. The number of amides is 1. The number of allylic oxidation sites excluding steroid dienone is 9. The van der Waals surface area contributed by atoms with E-state index >= 15 is 0 Å². The van der Waals surface area contributed by atoms with Crippen molar-refractivity contribution in [3.8, 4) is 0 Å². The quantitative estimate of drug-likeness (QED) is 0.0195. The van der Waals surface area contributed by atoms with Crippen molar-refractivity contribution in [1.29, 1.82) is 0 Å². The van der Waals surface area contributed by atoms with Gasteiger partial charge in [-0.3, -0.25) is 9.59 Å². The summed E-state index contributed by atoms with van der Waals surface area (Å²) in [5, 5.41) is 57.4. The van der Waals surface area contributed by atoms with Gasteiger partial charge in [0.05, 0.1) is 25.4 Å². The highest BCUT2D eigenvalue weighted by molar-refractivity contribution is 5.80. The largest absolute Gasteiger partial charge is 0.454 e. The van der Waals surface area contributed by atoms with E-state index in [2.05, 4.69) is 74.7 Å². The maximum atomic E-state index is 13.5. The summed E-state index contributed by atoms with van der Waals surface area (Å²) in [6.45, 7) is 5.81. The first-order valence-electron chi connectivity index (χ1n) is 38.6. The van der Waals surface area contributed by atoms with Crippen LogP contribution in [0.3, 0.4) is 0 Å². The van der Waals surface area contributed by atoms with Crippen LogP contribution < -0.4 is 5.32 Å². The molecule has 0 aromatic heterocycles. The highest BCUT2D eigenvalue weighted by atomic mass is 16.7. The Bertz CT molecular complexity index is 1700. The molecule has 0 bridgehead atoms. The van der Waals surface area contributed by atoms with E-state index in [1.54, 1.807) is 6.08 Å². The maximum Gasteiger partial charge on any atom is 0.306 e. The molecule has 0 aromatic carbocycles. The van der Waals surface area contributed by atoms with E-state index in [1.165, 1.54) is 250 Å². The fourth-order valence-corrected chi connectivity index (χ4v) is 12.1. The summed E-state index contributed by atoms with van der Waals surface area (Å²) in [4.78, 5) is 26.7. The average Bonchev–Trinajstić information content (AvgIpc) is 3.71. The Morgan fingerprint density at radius 2 is 0.767 bits per heavy atom. The topological polar surface area (TPSA) is 175 Å². The van der Waals surface area contributed by atoms with Gasteiger partial charge in [0, 0.05) is 6.42 Å². The number of hydrogen-bond donors (Lipinski definition) is 6. The first kappa shape index (κ1) is 85.4. The van der Waals surface area contributed by atoms with Gasteiger partial charge in [-0.1, -0.05) is 332 Å². The summed E-state index contributed by atoms with van der Waals surface area (Å²) in [6, 6.07) is -1.02. The predicted molar refractivity (Wildman–Crippen MR) is 380 cm³/mol. The molecule has 1 fully saturated rings. The molecule has 1 rings (SSSR count). The molecule has 11 nitrogen and oxygen atoms in total. The number of unbranched alkanes of at least 4 members (excludes halogenated alkanes) is 45. The van der Waals surface area contributed by atoms with Crippen LogP contribution in [-0.4, -0.2) is 99.6 Å². The number of aliphatic hydroxyl groups is 5. The second kappa shape index (κ2) is 66.4. The molecule has 6 N–H and O–H groups in total. The van der Waals surface area contributed by atoms with Crippen molar-refractivity contribution in [3.05, 3.63) is 60.8 Å². The third kappa shape index (κ3) is 52.7. The van der Waals surface area contributed by atoms with E-state index in [4.69, 9.17) is 14.2 Å². The van der Waals surface area contributed by atoms with Crippen LogP contribution in [-0.2, 0) is 23.8 Å². The Morgan fingerprint density at radius 3 is 1.18 bits per heavy atom. The van der Waals surface area contributed by atoms with Crippen molar-refractivity contribution in [3.63, 3.8) is 0 Å². The van der Waals surface area contributed by atoms with Crippen molar-refractivity contribution in [1.82, 2.24) is 5.32 Å². The minimum Gasteiger partial charge on any atom is -0.454 e. The van der Waals surface area contributed by atoms with E-state index in [-0.39, 0.29) is 13.0 Å². The molecular formula is C79H145NO10. The fraction of sp³-hybridized carbons (Fsp3) is 0.848. The number of esters is 1. The molecule has 90 heavy (non-hydrogen) atoms. The minimum absolute atomic E-state index is 0.124. The molecule has 526 valence electrons. The highest BCUT2D eigenvalue weighted by Gasteiger charge is 2.47. The zero-order chi connectivity index (χ0) is 65.3. The van der Waals surface area contributed by atoms with E-state index in [9.17, 15) is 35.1 Å². The first-order valence-corrected chi connectivity index (χ1v) is 38.6. The van der Waals surface area contributed by atoms with Gasteiger partial charge in [0.25, 0.3) is 0 Å². The smallest absolute Gasteiger partial charge is 0.306 e. The number of carbonyl (C=O) groups is 2. The summed E-state index contributed by atoms with van der Waals surface area (Å²) < 4.78 is 17.7. The van der Waals surface area contributed by atoms with Crippen LogP contribution in [0.1, 0.15) is 367 Å². The van der Waals surface area contributed by atoms with Crippen molar-refractivity contribution in [2.24, 2.45) is 0 Å². The van der Waals surface area contributed by atoms with E-state index in [0.717, 1.165) is 70.6 Å². The summed E-state index contributed by atoms with van der Waals surface area (Å²) in [7, 11) is 0. The Morgan fingerprint density at radius 1 is 0.433 bits per heavy atom. The van der Waals surface area contributed by atoms with E-state index in [1.807, 2.05) is 6.08 Å². The number of aliphatic hydroxyl groups excluding tert-OH is 5. The molecule has 0 radical (unpaired) electrons. The summed E-state index contributed by atoms with van der Waals surface area (Å²) in [5.41, 5.74) is 0. The molecule has 0 saturated carbocycles. The third-order valence-corrected chi connectivity index (χ3v) is 18.1. The number of nitrogens with one attached hydrogen (secondary N) is 1. The average molecular weight is 1270 g/mol. The molecule has 0 aromatic rings. The molecule has 1 heterocycles. The third-order valence-electron chi connectivity index (χ3n) is 18.1. The highest BCUT2D eigenvalue weighted by Crippen LogP contribution is 2.27. The summed E-state index contributed by atoms with van der Waals surface area (Å²) in [6.07, 6.45) is 75.5. The monoisotopic (exact) mass is 1270 g/mol. The van der Waals surface area contributed by atoms with Gasteiger partial charge in [-0.2, -0.15) is 0 Å². The molecule has 1 saturated heterocycles. The number of ether oxygens (including phenoxy) is 3. The lowest BCUT2D eigenvalue weighted by molar-refractivity contribution is -0.305. The fourth-order valence-electron chi connectivity index (χ4n) is 12.1. The molecule has 1 aliphatic rings. The van der Waals surface area contributed by atoms with Crippen LogP contribution in [0.5, 0.6) is 0 Å². The Labute approximate surface area is 554 Å². The van der Waals surface area contributed by atoms with E-state index < -0.39 is 67.4 Å². The predicted octanol–water partition coefficient (Wildman–Crippen LogP) is 20.5. The molecule has 8 unspecified atom stereocenters. The van der Waals surface area contributed by atoms with E-state index in [0.29, 0.717) is 19.3 Å². The van der Waals surface area contributed by atoms with Crippen LogP contribution in [0.4, 0.5) is 0 Å². The molecule has 8 atom stereocenters. The zero-order valence-corrected chi connectivity index (χ0v) is 58.8. The van der Waals surface area contributed by atoms with Crippen LogP contribution in [0.25, 0.3) is 0 Å². The van der Waals surface area contributed by atoms with Crippen LogP contribution >= 0.6 is 0 Å². The lowest BCUT2D eigenvalue weighted by atomic mass is 9.99. The SMILES string of the molecule is CCCCC/C=C\C/C=C\C/C=C\CCCCCCCCCCCCCCCCC(=O)OC1C(OCC(NC(=O)C(O)CCCCCCCCCCCCCC/C=C/CCCCCCCC)C(O)/C=C/CCCCCCCCCCCC)OC(CO)C(O)C1O. The summed E-state index contributed by atoms with van der Waals surface area (Å²) in [5.74, 6) is -1.18. The molecule has 0 aliphatic carbocycles. The van der Waals surface area contributed by atoms with Gasteiger partial charge in [-0.05, 0) is 89.9 Å². The second-order valence-corrected chi connectivity index (χ2v) is 26.7. The van der Waals surface area contributed by atoms with Gasteiger partial charge >= 0.3 is 5.97 Å². The maximum absolute atomic E-state index is 13.5. The number of hydrogen-bond acceptors (Lipinski definition) is 10. The van der Waals surface area contributed by atoms with Gasteiger partial charge in [0.2, 0.25) is 5.91 Å². The van der Waals surface area contributed by atoms with Crippen LogP contribution in [0.2, 0.25) is 0 Å². The van der Waals surface area contributed by atoms with Gasteiger partial charge in [-0.15, -0.1) is 0 Å². The minimum atomic E-state index is -1.62. The Kier molecular flexibility index (Phi) is 63.0. The zero-order valence-electron chi connectivity index (χ0n) is 58.8. The molecule has 1 aliphatic heterocycles. The second-order valence-electron chi connectivity index (χ2n) is 26.7. The van der Waals surface area contributed by atoms with Gasteiger partial charge in [0.15, 0.2) is 12.4 Å². The van der Waals surface area contributed by atoms with Gasteiger partial charge in [0.1, 0.15) is 24.4 Å². The normalized spacial score (nSPS) is 18.3. The summed E-state index contributed by atoms with van der Waals surface area (Å²) >= 11 is 0. The standard InChI is InChI=1S/C79H145NO10/c1-4-7-10-13-16-19-22-25-27-29-31-33-35-36-37-38-39-41-43-45-47-49-52-55-58-61-64-67-74(84)90-77-76(86)75(85)73(68-81)89-79(77)88-69-70(71(82)65-62-59-56-53-50-24-21-18-15-12-9-6-3)80-78(87)72(83)66-63-60-57-54-51-48-46-44-42-40-34-32-30-28-26-23-20-17-14-11-8-5-2/h16,19,25-28,31,33,62,65,70-73,75-77,79,81-83,85-86H,4-15,17-18,20-24,29-30,32,34-61,63-64,66-69H2,1-3H3,(H,80,87)/b19-16-,27-25-,28-26+,33-31-,65-62+. The molecule has 0 spiro atoms. The molecular weight excluding hydrogens is 1120 g/mol. The van der Waals surface area contributed by atoms with Crippen LogP contribution in [0.15, 0.2) is 60.8 Å². The van der Waals surface area contributed by atoms with Gasteiger partial charge in [-0.25, -0.2) is 0 Å². The van der Waals surface area contributed by atoms with Crippen molar-refractivity contribution < 1.29 is 49.3 Å². The van der Waals surface area contributed by atoms with Crippen molar-refractivity contribution in [2.45, 2.75) is 416 Å². The first-order chi connectivity index (χ1) is 44.2. The van der Waals surface area contributed by atoms with Gasteiger partial charge < -0.3 is 45.1 Å². The molecule has 1 amide bonds. The number of carbonyl (C=O) groups excluding carboxylic acids is 2. The van der Waals surface area contributed by atoms with Crippen molar-refractivity contribution in [2.75, 3.05) is 13.2 Å². The number of rotatable bonds is 67. The van der Waals surface area contributed by atoms with Crippen molar-refractivity contribution >= 4 is 11.9 Å². The lowest BCUT2D eigenvalue weighted by Crippen LogP contribution is -2.61. The lowest BCUT2D eigenvalue weighted by Gasteiger charge is -2.41. The van der Waals surface area contributed by atoms with Crippen LogP contribution in [0, 0.1) is 0 Å².